The molecule has 2 heterocycles. The number of rotatable bonds is 6. The first kappa shape index (κ1) is 27.5. The summed E-state index contributed by atoms with van der Waals surface area (Å²) in [5, 5.41) is 0. The quantitative estimate of drug-likeness (QED) is 0.193. The van der Waals surface area contributed by atoms with Crippen molar-refractivity contribution in [1.29, 1.82) is 0 Å². The second kappa shape index (κ2) is 12.2. The minimum absolute atomic E-state index is 0.636. The molecule has 0 unspecified atom stereocenters. The number of hydrogen-bond donors (Lipinski definition) is 0. The average Bonchev–Trinajstić information content (AvgIpc) is 3.15. The molecule has 0 N–H and O–H groups in total. The third-order valence-corrected chi connectivity index (χ3v) is 8.42. The normalized spacial score (nSPS) is 12.1. The number of pyridine rings is 1. The second-order valence-corrected chi connectivity index (χ2v) is 11.5. The molecule has 0 amide bonds. The van der Waals surface area contributed by atoms with E-state index >= 15 is 0 Å². The van der Waals surface area contributed by atoms with Crippen molar-refractivity contribution in [1.82, 2.24) is 19.9 Å². The zero-order valence-corrected chi connectivity index (χ0v) is 25.2. The number of fused-ring (bicyclic) bond motifs is 1. The monoisotopic (exact) mass is 590 g/mol. The van der Waals surface area contributed by atoms with Crippen molar-refractivity contribution in [2.45, 2.75) is 12.8 Å². The van der Waals surface area contributed by atoms with Crippen LogP contribution < -0.4 is 0 Å². The van der Waals surface area contributed by atoms with Crippen molar-refractivity contribution >= 4 is 6.08 Å². The Morgan fingerprint density at radius 1 is 0.435 bits per heavy atom. The largest absolute Gasteiger partial charge is 0.256 e. The fraction of sp³-hybridized carbons (Fsp3) is 0.0476. The highest BCUT2D eigenvalue weighted by atomic mass is 15.0. The Morgan fingerprint density at radius 3 is 1.74 bits per heavy atom. The molecular weight excluding hydrogens is 560 g/mol. The van der Waals surface area contributed by atoms with E-state index in [-0.39, 0.29) is 0 Å². The summed E-state index contributed by atoms with van der Waals surface area (Å²) in [7, 11) is 0. The van der Waals surface area contributed by atoms with Crippen LogP contribution in [0.2, 0.25) is 0 Å². The first-order valence-corrected chi connectivity index (χ1v) is 15.6. The topological polar surface area (TPSA) is 51.6 Å². The van der Waals surface area contributed by atoms with Gasteiger partial charge >= 0.3 is 0 Å². The van der Waals surface area contributed by atoms with Crippen LogP contribution >= 0.6 is 0 Å². The predicted molar refractivity (Wildman–Crippen MR) is 188 cm³/mol. The molecule has 8 rings (SSSR count). The molecule has 0 aliphatic heterocycles. The molecule has 2 aromatic heterocycles. The van der Waals surface area contributed by atoms with Crippen molar-refractivity contribution in [2.24, 2.45) is 0 Å². The van der Waals surface area contributed by atoms with Crippen molar-refractivity contribution < 1.29 is 0 Å². The Kier molecular flexibility index (Phi) is 7.29. The van der Waals surface area contributed by atoms with E-state index in [1.54, 1.807) is 0 Å². The molecule has 0 bridgehead atoms. The maximum atomic E-state index is 5.08. The second-order valence-electron chi connectivity index (χ2n) is 11.5. The van der Waals surface area contributed by atoms with Crippen molar-refractivity contribution in [3.8, 4) is 67.7 Å². The summed E-state index contributed by atoms with van der Waals surface area (Å²) in [4.78, 5) is 19.7. The van der Waals surface area contributed by atoms with Gasteiger partial charge in [-0.15, -0.1) is 0 Å². The van der Waals surface area contributed by atoms with Gasteiger partial charge in [0.2, 0.25) is 0 Å². The maximum absolute atomic E-state index is 5.08. The molecule has 0 spiro atoms. The minimum atomic E-state index is 0.636. The molecular formula is C42H30N4. The van der Waals surface area contributed by atoms with Gasteiger partial charge in [-0.1, -0.05) is 115 Å². The number of aromatic nitrogens is 4. The van der Waals surface area contributed by atoms with E-state index in [1.165, 1.54) is 16.7 Å². The maximum Gasteiger partial charge on any atom is 0.164 e. The van der Waals surface area contributed by atoms with Gasteiger partial charge in [0.1, 0.15) is 0 Å². The van der Waals surface area contributed by atoms with Crippen LogP contribution in [-0.2, 0) is 6.42 Å². The summed E-state index contributed by atoms with van der Waals surface area (Å²) in [5.41, 5.74) is 12.0. The van der Waals surface area contributed by atoms with Gasteiger partial charge in [0, 0.05) is 28.5 Å². The first-order chi connectivity index (χ1) is 22.8. The summed E-state index contributed by atoms with van der Waals surface area (Å²) in [6, 6.07) is 48.2. The Hall–Kier alpha value is -6.00. The van der Waals surface area contributed by atoms with Crippen LogP contribution in [0.25, 0.3) is 73.8 Å². The number of benzene rings is 5. The molecule has 218 valence electrons. The van der Waals surface area contributed by atoms with Gasteiger partial charge < -0.3 is 0 Å². The first-order valence-electron chi connectivity index (χ1n) is 15.6. The summed E-state index contributed by atoms with van der Waals surface area (Å²) < 4.78 is 0. The minimum Gasteiger partial charge on any atom is -0.256 e. The van der Waals surface area contributed by atoms with E-state index in [2.05, 4.69) is 77.8 Å². The van der Waals surface area contributed by atoms with Gasteiger partial charge in [-0.3, -0.25) is 4.98 Å². The summed E-state index contributed by atoms with van der Waals surface area (Å²) >= 11 is 0. The molecule has 1 aliphatic rings. The van der Waals surface area contributed by atoms with E-state index < -0.39 is 0 Å². The van der Waals surface area contributed by atoms with Gasteiger partial charge in [0.15, 0.2) is 17.5 Å². The molecule has 0 saturated heterocycles. The number of allylic oxidation sites excluding steroid dienone is 1. The highest BCUT2D eigenvalue weighted by Gasteiger charge is 2.17. The third kappa shape index (κ3) is 5.53. The predicted octanol–water partition coefficient (Wildman–Crippen LogP) is 10.2. The van der Waals surface area contributed by atoms with Crippen LogP contribution in [0, 0.1) is 0 Å². The van der Waals surface area contributed by atoms with Gasteiger partial charge in [-0.2, -0.15) is 0 Å². The molecule has 0 fully saturated rings. The zero-order chi connectivity index (χ0) is 30.7. The number of nitrogens with zero attached hydrogens (tertiary/aromatic N) is 4. The van der Waals surface area contributed by atoms with Crippen molar-refractivity contribution in [3.63, 3.8) is 0 Å². The van der Waals surface area contributed by atoms with Crippen molar-refractivity contribution in [3.05, 3.63) is 163 Å². The molecule has 4 nitrogen and oxygen atoms in total. The van der Waals surface area contributed by atoms with Crippen LogP contribution in [0.15, 0.2) is 152 Å². The molecule has 0 atom stereocenters. The lowest BCUT2D eigenvalue weighted by Crippen LogP contribution is -2.01. The van der Waals surface area contributed by atoms with Crippen LogP contribution in [-0.4, -0.2) is 19.9 Å². The lowest BCUT2D eigenvalue weighted by atomic mass is 9.88. The van der Waals surface area contributed by atoms with Gasteiger partial charge in [-0.25, -0.2) is 15.0 Å². The fourth-order valence-corrected chi connectivity index (χ4v) is 6.13. The van der Waals surface area contributed by atoms with E-state index in [1.807, 2.05) is 85.1 Å². The lowest BCUT2D eigenvalue weighted by Gasteiger charge is -2.17. The van der Waals surface area contributed by atoms with E-state index in [9.17, 15) is 0 Å². The Morgan fingerprint density at radius 2 is 1.02 bits per heavy atom. The SMILES string of the molecule is C1=Cc2c(cccc2-c2cc(-c3cccc(-c4ccccn4)c3)cc(-c3nc(-c4ccccc4)nc(-c4ccccc4)n3)c2)CC1. The van der Waals surface area contributed by atoms with Gasteiger partial charge in [0.05, 0.1) is 5.69 Å². The smallest absolute Gasteiger partial charge is 0.164 e. The van der Waals surface area contributed by atoms with E-state index in [0.717, 1.165) is 57.5 Å². The molecule has 4 heteroatoms. The average molecular weight is 591 g/mol. The molecule has 5 aromatic carbocycles. The van der Waals surface area contributed by atoms with Crippen LogP contribution in [0.3, 0.4) is 0 Å². The summed E-state index contributed by atoms with van der Waals surface area (Å²) in [6.07, 6.45) is 8.50. The summed E-state index contributed by atoms with van der Waals surface area (Å²) in [5.74, 6) is 1.93. The van der Waals surface area contributed by atoms with E-state index in [4.69, 9.17) is 15.0 Å². The molecule has 1 aliphatic carbocycles. The Balaban J connectivity index is 1.35. The van der Waals surface area contributed by atoms with E-state index in [0.29, 0.717) is 17.5 Å². The lowest BCUT2D eigenvalue weighted by molar-refractivity contribution is 0.986. The van der Waals surface area contributed by atoms with Crippen LogP contribution in [0.4, 0.5) is 0 Å². The molecule has 0 saturated carbocycles. The fourth-order valence-electron chi connectivity index (χ4n) is 6.13. The number of hydrogen-bond acceptors (Lipinski definition) is 4. The third-order valence-electron chi connectivity index (χ3n) is 8.42. The highest BCUT2D eigenvalue weighted by Crippen LogP contribution is 2.37. The summed E-state index contributed by atoms with van der Waals surface area (Å²) in [6.45, 7) is 0. The van der Waals surface area contributed by atoms with Crippen molar-refractivity contribution in [2.75, 3.05) is 0 Å². The Labute approximate surface area is 268 Å². The number of aryl methyl sites for hydroxylation is 1. The standard InChI is InChI=1S/C42H30N4/c1-3-14-30(15-4-1)40-44-41(31-16-5-2-6-17-31)46-42(45-40)36-27-34(32-19-11-20-33(25-32)39-23-9-10-24-43-39)26-35(28-36)38-22-12-18-29-13-7-8-21-37(29)38/h1-6,8-12,14-28H,7,13H2. The van der Waals surface area contributed by atoms with Gasteiger partial charge in [0.25, 0.3) is 0 Å². The van der Waals surface area contributed by atoms with Gasteiger partial charge in [-0.05, 0) is 82.6 Å². The molecule has 46 heavy (non-hydrogen) atoms. The molecule has 0 radical (unpaired) electrons. The molecule has 7 aromatic rings. The Bertz CT molecular complexity index is 2130. The van der Waals surface area contributed by atoms with Crippen LogP contribution in [0.1, 0.15) is 17.5 Å². The zero-order valence-electron chi connectivity index (χ0n) is 25.2. The van der Waals surface area contributed by atoms with Crippen LogP contribution in [0.5, 0.6) is 0 Å². The highest BCUT2D eigenvalue weighted by molar-refractivity contribution is 5.85.